The Labute approximate surface area is 103 Å². The van der Waals surface area contributed by atoms with Gasteiger partial charge in [0.25, 0.3) is 0 Å². The number of ether oxygens (including phenoxy) is 1. The summed E-state index contributed by atoms with van der Waals surface area (Å²) < 4.78 is 20.6. The molecule has 2 aromatic rings. The van der Waals surface area contributed by atoms with Crippen molar-refractivity contribution in [3.05, 3.63) is 35.8 Å². The monoisotopic (exact) mass is 248 g/mol. The molecule has 2 heterocycles. The first-order chi connectivity index (χ1) is 8.78. The molecule has 0 fully saturated rings. The second-order valence-electron chi connectivity index (χ2n) is 4.25. The third-order valence-electron chi connectivity index (χ3n) is 3.03. The number of hydrogen-bond donors (Lipinski definition) is 1. The van der Waals surface area contributed by atoms with Crippen molar-refractivity contribution in [2.45, 2.75) is 19.3 Å². The molecule has 3 rings (SSSR count). The minimum absolute atomic E-state index is 0.0282. The van der Waals surface area contributed by atoms with E-state index in [0.717, 1.165) is 5.69 Å². The standard InChI is InChI=1S/C12H13FN4O/c13-9-3-1-2-8(4-9)12-11-7-18-10(5-14)6-17(11)16-15-12/h1-4,10H,5-7,14H2/t10-/m1/s1. The lowest BCUT2D eigenvalue weighted by molar-refractivity contribution is 0.00639. The van der Waals surface area contributed by atoms with Crippen LogP contribution in [0.1, 0.15) is 5.69 Å². The Kier molecular flexibility index (Phi) is 2.81. The Morgan fingerprint density at radius 3 is 3.17 bits per heavy atom. The zero-order valence-corrected chi connectivity index (χ0v) is 9.71. The van der Waals surface area contributed by atoms with Gasteiger partial charge in [0.05, 0.1) is 24.9 Å². The summed E-state index contributed by atoms with van der Waals surface area (Å²) in [6.45, 7) is 1.45. The van der Waals surface area contributed by atoms with E-state index in [-0.39, 0.29) is 11.9 Å². The van der Waals surface area contributed by atoms with Gasteiger partial charge in [-0.15, -0.1) is 5.10 Å². The molecule has 0 unspecified atom stereocenters. The van der Waals surface area contributed by atoms with Gasteiger partial charge in [0.2, 0.25) is 0 Å². The highest BCUT2D eigenvalue weighted by Crippen LogP contribution is 2.25. The van der Waals surface area contributed by atoms with Crippen molar-refractivity contribution in [1.29, 1.82) is 0 Å². The van der Waals surface area contributed by atoms with Gasteiger partial charge in [0.15, 0.2) is 0 Å². The van der Waals surface area contributed by atoms with E-state index in [1.165, 1.54) is 12.1 Å². The quantitative estimate of drug-likeness (QED) is 0.859. The van der Waals surface area contributed by atoms with Gasteiger partial charge < -0.3 is 10.5 Å². The van der Waals surface area contributed by atoms with Crippen molar-refractivity contribution in [2.75, 3.05) is 6.54 Å². The topological polar surface area (TPSA) is 66.0 Å². The van der Waals surface area contributed by atoms with Crippen LogP contribution in [0.15, 0.2) is 24.3 Å². The molecule has 1 aliphatic heterocycles. The van der Waals surface area contributed by atoms with Crippen molar-refractivity contribution in [3.63, 3.8) is 0 Å². The maximum absolute atomic E-state index is 13.2. The predicted octanol–water partition coefficient (Wildman–Crippen LogP) is 0.942. The lowest BCUT2D eigenvalue weighted by atomic mass is 10.1. The van der Waals surface area contributed by atoms with Crippen LogP contribution < -0.4 is 5.73 Å². The fourth-order valence-corrected chi connectivity index (χ4v) is 2.07. The molecule has 0 amide bonds. The normalized spacial score (nSPS) is 18.7. The summed E-state index contributed by atoms with van der Waals surface area (Å²) >= 11 is 0. The molecule has 0 bridgehead atoms. The Bertz CT molecular complexity index is 569. The molecular weight excluding hydrogens is 235 g/mol. The molecule has 0 saturated carbocycles. The minimum Gasteiger partial charge on any atom is -0.369 e. The maximum atomic E-state index is 13.2. The van der Waals surface area contributed by atoms with Crippen molar-refractivity contribution in [1.82, 2.24) is 15.0 Å². The highest BCUT2D eigenvalue weighted by Gasteiger charge is 2.23. The predicted molar refractivity (Wildman–Crippen MR) is 63.0 cm³/mol. The average Bonchev–Trinajstić information content (AvgIpc) is 2.81. The molecule has 0 spiro atoms. The van der Waals surface area contributed by atoms with Gasteiger partial charge in [-0.25, -0.2) is 9.07 Å². The summed E-state index contributed by atoms with van der Waals surface area (Å²) in [5.41, 5.74) is 7.81. The van der Waals surface area contributed by atoms with E-state index in [4.69, 9.17) is 10.5 Å². The number of aromatic nitrogens is 3. The van der Waals surface area contributed by atoms with E-state index in [2.05, 4.69) is 10.3 Å². The molecule has 18 heavy (non-hydrogen) atoms. The number of benzene rings is 1. The third kappa shape index (κ3) is 1.89. The van der Waals surface area contributed by atoms with Crippen molar-refractivity contribution in [2.24, 2.45) is 5.73 Å². The van der Waals surface area contributed by atoms with E-state index >= 15 is 0 Å². The van der Waals surface area contributed by atoms with Crippen LogP contribution in [0.3, 0.4) is 0 Å². The molecule has 0 aliphatic carbocycles. The summed E-state index contributed by atoms with van der Waals surface area (Å²) in [4.78, 5) is 0. The number of rotatable bonds is 2. The summed E-state index contributed by atoms with van der Waals surface area (Å²) in [5, 5.41) is 8.17. The molecule has 0 saturated heterocycles. The van der Waals surface area contributed by atoms with Crippen LogP contribution in [0.25, 0.3) is 11.3 Å². The van der Waals surface area contributed by atoms with Gasteiger partial charge in [0.1, 0.15) is 11.5 Å². The Hall–Kier alpha value is -1.79. The summed E-state index contributed by atoms with van der Waals surface area (Å²) in [6, 6.07) is 6.31. The van der Waals surface area contributed by atoms with E-state index < -0.39 is 0 Å². The number of nitrogens with zero attached hydrogens (tertiary/aromatic N) is 3. The lowest BCUT2D eigenvalue weighted by Crippen LogP contribution is -2.33. The molecule has 0 radical (unpaired) electrons. The van der Waals surface area contributed by atoms with Gasteiger partial charge in [-0.2, -0.15) is 0 Å². The molecule has 5 nitrogen and oxygen atoms in total. The summed E-state index contributed by atoms with van der Waals surface area (Å²) in [7, 11) is 0. The van der Waals surface area contributed by atoms with Crippen LogP contribution >= 0.6 is 0 Å². The van der Waals surface area contributed by atoms with E-state index in [9.17, 15) is 4.39 Å². The van der Waals surface area contributed by atoms with Gasteiger partial charge in [0, 0.05) is 12.1 Å². The molecule has 1 atom stereocenters. The third-order valence-corrected chi connectivity index (χ3v) is 3.03. The zero-order chi connectivity index (χ0) is 12.5. The highest BCUT2D eigenvalue weighted by atomic mass is 19.1. The van der Waals surface area contributed by atoms with Gasteiger partial charge in [-0.3, -0.25) is 0 Å². The van der Waals surface area contributed by atoms with Crippen molar-refractivity contribution >= 4 is 0 Å². The van der Waals surface area contributed by atoms with Crippen LogP contribution in [0.4, 0.5) is 4.39 Å². The highest BCUT2D eigenvalue weighted by molar-refractivity contribution is 5.61. The number of fused-ring (bicyclic) bond motifs is 1. The van der Waals surface area contributed by atoms with Crippen molar-refractivity contribution in [3.8, 4) is 11.3 Å². The smallest absolute Gasteiger partial charge is 0.123 e. The second kappa shape index (κ2) is 4.47. The van der Waals surface area contributed by atoms with E-state index in [1.807, 2.05) is 6.07 Å². The van der Waals surface area contributed by atoms with Crippen LogP contribution in [0, 0.1) is 5.82 Å². The first kappa shape index (κ1) is 11.3. The zero-order valence-electron chi connectivity index (χ0n) is 9.71. The largest absolute Gasteiger partial charge is 0.369 e. The summed E-state index contributed by atoms with van der Waals surface area (Å²) in [6.07, 6.45) is -0.0282. The fourth-order valence-electron chi connectivity index (χ4n) is 2.07. The first-order valence-corrected chi connectivity index (χ1v) is 5.78. The number of nitrogens with two attached hydrogens (primary N) is 1. The fraction of sp³-hybridized carbons (Fsp3) is 0.333. The average molecular weight is 248 g/mol. The van der Waals surface area contributed by atoms with E-state index in [1.54, 1.807) is 10.7 Å². The van der Waals surface area contributed by atoms with Gasteiger partial charge in [-0.1, -0.05) is 17.3 Å². The first-order valence-electron chi connectivity index (χ1n) is 5.78. The molecule has 6 heteroatoms. The van der Waals surface area contributed by atoms with E-state index in [0.29, 0.717) is 31.0 Å². The van der Waals surface area contributed by atoms with Crippen LogP contribution in [-0.4, -0.2) is 27.6 Å². The lowest BCUT2D eigenvalue weighted by Gasteiger charge is -2.22. The maximum Gasteiger partial charge on any atom is 0.123 e. The summed E-state index contributed by atoms with van der Waals surface area (Å²) in [5.74, 6) is -0.286. The molecule has 2 N–H and O–H groups in total. The SMILES string of the molecule is NC[C@@H]1Cn2nnc(-c3cccc(F)c3)c2CO1. The Balaban J connectivity index is 1.98. The van der Waals surface area contributed by atoms with Crippen LogP contribution in [-0.2, 0) is 17.9 Å². The van der Waals surface area contributed by atoms with Gasteiger partial charge in [-0.05, 0) is 12.1 Å². The molecule has 94 valence electrons. The number of hydrogen-bond acceptors (Lipinski definition) is 4. The Morgan fingerprint density at radius 1 is 1.50 bits per heavy atom. The minimum atomic E-state index is -0.286. The number of halogens is 1. The van der Waals surface area contributed by atoms with Crippen LogP contribution in [0.2, 0.25) is 0 Å². The molecule has 1 aromatic heterocycles. The second-order valence-corrected chi connectivity index (χ2v) is 4.25. The molecule has 1 aliphatic rings. The van der Waals surface area contributed by atoms with Gasteiger partial charge >= 0.3 is 0 Å². The molecule has 1 aromatic carbocycles. The molecular formula is C12H13FN4O. The Morgan fingerprint density at radius 2 is 2.39 bits per heavy atom. The van der Waals surface area contributed by atoms with Crippen molar-refractivity contribution < 1.29 is 9.13 Å². The van der Waals surface area contributed by atoms with Crippen LogP contribution in [0.5, 0.6) is 0 Å².